The Kier molecular flexibility index (Phi) is 5.40. The van der Waals surface area contributed by atoms with Crippen LogP contribution >= 0.6 is 0 Å². The second-order valence-corrected chi connectivity index (χ2v) is 4.23. The lowest BCUT2D eigenvalue weighted by Gasteiger charge is -2.22. The van der Waals surface area contributed by atoms with Crippen LogP contribution < -0.4 is 5.32 Å². The second-order valence-electron chi connectivity index (χ2n) is 4.23. The number of nitrogens with one attached hydrogen (secondary N) is 1. The first-order valence-electron chi connectivity index (χ1n) is 5.61. The van der Waals surface area contributed by atoms with Crippen molar-refractivity contribution in [3.63, 3.8) is 0 Å². The molecular weight excluding hydrogens is 162 g/mol. The van der Waals surface area contributed by atoms with E-state index in [1.807, 2.05) is 0 Å². The van der Waals surface area contributed by atoms with Crippen LogP contribution in [-0.4, -0.2) is 26.3 Å². The second kappa shape index (κ2) is 6.39. The molecule has 2 nitrogen and oxygen atoms in total. The summed E-state index contributed by atoms with van der Waals surface area (Å²) in [6.45, 7) is 8.85. The third kappa shape index (κ3) is 4.63. The third-order valence-corrected chi connectivity index (χ3v) is 2.96. The highest BCUT2D eigenvalue weighted by molar-refractivity contribution is 4.66. The van der Waals surface area contributed by atoms with Crippen LogP contribution in [0.25, 0.3) is 0 Å². The van der Waals surface area contributed by atoms with E-state index in [-0.39, 0.29) is 0 Å². The molecule has 1 aliphatic rings. The van der Waals surface area contributed by atoms with Gasteiger partial charge in [-0.05, 0) is 37.8 Å². The number of hydrogen-bond donors (Lipinski definition) is 1. The van der Waals surface area contributed by atoms with Crippen molar-refractivity contribution in [2.75, 3.05) is 26.3 Å². The zero-order chi connectivity index (χ0) is 9.52. The van der Waals surface area contributed by atoms with Gasteiger partial charge in [-0.1, -0.05) is 20.3 Å². The molecule has 2 heteroatoms. The minimum Gasteiger partial charge on any atom is -0.381 e. The molecule has 0 aliphatic carbocycles. The van der Waals surface area contributed by atoms with E-state index in [2.05, 4.69) is 19.2 Å². The van der Waals surface area contributed by atoms with Gasteiger partial charge in [0.2, 0.25) is 0 Å². The van der Waals surface area contributed by atoms with Crippen molar-refractivity contribution < 1.29 is 4.74 Å². The van der Waals surface area contributed by atoms with Crippen molar-refractivity contribution in [1.82, 2.24) is 5.32 Å². The molecule has 0 bridgehead atoms. The van der Waals surface area contributed by atoms with E-state index in [9.17, 15) is 0 Å². The average Bonchev–Trinajstić information content (AvgIpc) is 2.19. The quantitative estimate of drug-likeness (QED) is 0.708. The maximum atomic E-state index is 5.32. The summed E-state index contributed by atoms with van der Waals surface area (Å²) in [6.07, 6.45) is 3.77. The monoisotopic (exact) mass is 185 g/mol. The van der Waals surface area contributed by atoms with Crippen molar-refractivity contribution in [3.8, 4) is 0 Å². The van der Waals surface area contributed by atoms with Crippen LogP contribution in [-0.2, 0) is 4.74 Å². The molecule has 0 saturated carbocycles. The molecule has 1 heterocycles. The molecule has 0 aromatic heterocycles. The van der Waals surface area contributed by atoms with E-state index in [1.54, 1.807) is 0 Å². The van der Waals surface area contributed by atoms with Gasteiger partial charge in [-0.15, -0.1) is 0 Å². The van der Waals surface area contributed by atoms with E-state index in [4.69, 9.17) is 4.74 Å². The van der Waals surface area contributed by atoms with Gasteiger partial charge >= 0.3 is 0 Å². The molecule has 1 rings (SSSR count). The fourth-order valence-electron chi connectivity index (χ4n) is 1.63. The Hall–Kier alpha value is -0.0800. The Labute approximate surface area is 82.0 Å². The maximum absolute atomic E-state index is 5.32. The minimum absolute atomic E-state index is 0.819. The van der Waals surface area contributed by atoms with Crippen molar-refractivity contribution in [2.45, 2.75) is 33.1 Å². The summed E-state index contributed by atoms with van der Waals surface area (Å²) in [6, 6.07) is 0. The Morgan fingerprint density at radius 2 is 2.08 bits per heavy atom. The van der Waals surface area contributed by atoms with Crippen LogP contribution in [0.5, 0.6) is 0 Å². The molecule has 1 unspecified atom stereocenters. The van der Waals surface area contributed by atoms with Crippen LogP contribution in [0, 0.1) is 11.8 Å². The first kappa shape index (κ1) is 11.0. The minimum atomic E-state index is 0.819. The Balaban J connectivity index is 1.98. The van der Waals surface area contributed by atoms with Crippen LogP contribution in [0.2, 0.25) is 0 Å². The summed E-state index contributed by atoms with van der Waals surface area (Å²) in [5.41, 5.74) is 0. The molecule has 1 atom stereocenters. The summed E-state index contributed by atoms with van der Waals surface area (Å²) in [4.78, 5) is 0. The van der Waals surface area contributed by atoms with Crippen LogP contribution in [0.4, 0.5) is 0 Å². The lowest BCUT2D eigenvalue weighted by Crippen LogP contribution is -2.30. The van der Waals surface area contributed by atoms with E-state index in [1.165, 1.54) is 32.4 Å². The summed E-state index contributed by atoms with van der Waals surface area (Å²) < 4.78 is 5.32. The summed E-state index contributed by atoms with van der Waals surface area (Å²) >= 11 is 0. The van der Waals surface area contributed by atoms with Gasteiger partial charge in [-0.3, -0.25) is 0 Å². The predicted octanol–water partition coefficient (Wildman–Crippen LogP) is 2.05. The van der Waals surface area contributed by atoms with Gasteiger partial charge in [0.1, 0.15) is 0 Å². The zero-order valence-corrected chi connectivity index (χ0v) is 9.01. The van der Waals surface area contributed by atoms with Gasteiger partial charge in [0.25, 0.3) is 0 Å². The molecule has 1 saturated heterocycles. The van der Waals surface area contributed by atoms with Crippen molar-refractivity contribution >= 4 is 0 Å². The molecule has 1 aliphatic heterocycles. The molecular formula is C11H23NO. The molecule has 0 aromatic carbocycles. The van der Waals surface area contributed by atoms with Crippen molar-refractivity contribution in [1.29, 1.82) is 0 Å². The number of ether oxygens (including phenoxy) is 1. The first-order valence-corrected chi connectivity index (χ1v) is 5.61. The van der Waals surface area contributed by atoms with Gasteiger partial charge in [0.05, 0.1) is 0 Å². The molecule has 78 valence electrons. The molecule has 1 fully saturated rings. The van der Waals surface area contributed by atoms with Crippen LogP contribution in [0.3, 0.4) is 0 Å². The lowest BCUT2D eigenvalue weighted by molar-refractivity contribution is 0.0661. The van der Waals surface area contributed by atoms with E-state index in [0.717, 1.165) is 25.0 Å². The van der Waals surface area contributed by atoms with E-state index >= 15 is 0 Å². The summed E-state index contributed by atoms with van der Waals surface area (Å²) in [7, 11) is 0. The predicted molar refractivity (Wildman–Crippen MR) is 55.9 cm³/mol. The average molecular weight is 185 g/mol. The highest BCUT2D eigenvalue weighted by Crippen LogP contribution is 2.13. The normalized spacial score (nSPS) is 21.7. The molecule has 1 N–H and O–H groups in total. The van der Waals surface area contributed by atoms with Crippen LogP contribution in [0.15, 0.2) is 0 Å². The fraction of sp³-hybridized carbons (Fsp3) is 1.00. The zero-order valence-electron chi connectivity index (χ0n) is 9.01. The number of hydrogen-bond acceptors (Lipinski definition) is 2. The molecule has 0 spiro atoms. The molecule has 0 amide bonds. The maximum Gasteiger partial charge on any atom is 0.0469 e. The van der Waals surface area contributed by atoms with Gasteiger partial charge in [-0.25, -0.2) is 0 Å². The SMILES string of the molecule is CCC(C)CNCC1CCOCC1. The van der Waals surface area contributed by atoms with Crippen LogP contribution in [0.1, 0.15) is 33.1 Å². The Morgan fingerprint density at radius 3 is 2.69 bits per heavy atom. The Morgan fingerprint density at radius 1 is 1.38 bits per heavy atom. The van der Waals surface area contributed by atoms with E-state index < -0.39 is 0 Å². The fourth-order valence-corrected chi connectivity index (χ4v) is 1.63. The van der Waals surface area contributed by atoms with Gasteiger partial charge < -0.3 is 10.1 Å². The number of rotatable bonds is 5. The van der Waals surface area contributed by atoms with E-state index in [0.29, 0.717) is 0 Å². The topological polar surface area (TPSA) is 21.3 Å². The Bertz CT molecular complexity index is 121. The standard InChI is InChI=1S/C11H23NO/c1-3-10(2)8-12-9-11-4-6-13-7-5-11/h10-12H,3-9H2,1-2H3. The highest BCUT2D eigenvalue weighted by atomic mass is 16.5. The first-order chi connectivity index (χ1) is 6.33. The van der Waals surface area contributed by atoms with Gasteiger partial charge in [0.15, 0.2) is 0 Å². The lowest BCUT2D eigenvalue weighted by atomic mass is 10.00. The summed E-state index contributed by atoms with van der Waals surface area (Å²) in [5.74, 6) is 1.68. The molecule has 13 heavy (non-hydrogen) atoms. The van der Waals surface area contributed by atoms with Gasteiger partial charge in [-0.2, -0.15) is 0 Å². The van der Waals surface area contributed by atoms with Crippen molar-refractivity contribution in [2.24, 2.45) is 11.8 Å². The summed E-state index contributed by atoms with van der Waals surface area (Å²) in [5, 5.41) is 3.55. The largest absolute Gasteiger partial charge is 0.381 e. The smallest absolute Gasteiger partial charge is 0.0469 e. The molecule has 0 radical (unpaired) electrons. The highest BCUT2D eigenvalue weighted by Gasteiger charge is 2.12. The van der Waals surface area contributed by atoms with Crippen molar-refractivity contribution in [3.05, 3.63) is 0 Å². The molecule has 0 aromatic rings. The van der Waals surface area contributed by atoms with Gasteiger partial charge in [0, 0.05) is 13.2 Å². The third-order valence-electron chi connectivity index (χ3n) is 2.96.